The number of halogens is 2. The number of hydrogen-bond donors (Lipinski definition) is 1. The Labute approximate surface area is 131 Å². The van der Waals surface area contributed by atoms with Gasteiger partial charge >= 0.3 is 5.97 Å². The fourth-order valence-corrected chi connectivity index (χ4v) is 2.39. The van der Waals surface area contributed by atoms with Crippen molar-refractivity contribution >= 4 is 27.6 Å². The second kappa shape index (κ2) is 6.72. The van der Waals surface area contributed by atoms with Gasteiger partial charge in [-0.15, -0.1) is 0 Å². The summed E-state index contributed by atoms with van der Waals surface area (Å²) in [5.74, 6) is -1.01. The number of rotatable bonds is 4. The molecule has 0 aliphatic rings. The molecule has 0 fully saturated rings. The summed E-state index contributed by atoms with van der Waals surface area (Å²) in [7, 11) is 1.28. The zero-order valence-electron chi connectivity index (χ0n) is 11.7. The highest BCUT2D eigenvalue weighted by Crippen LogP contribution is 2.27. The Kier molecular flexibility index (Phi) is 4.96. The number of para-hydroxylation sites is 1. The topological polar surface area (TPSA) is 38.3 Å². The second-order valence-electron chi connectivity index (χ2n) is 4.58. The van der Waals surface area contributed by atoms with Crippen LogP contribution in [0.2, 0.25) is 0 Å². The third-order valence-corrected chi connectivity index (χ3v) is 3.64. The molecule has 0 aliphatic carbocycles. The minimum absolute atomic E-state index is 0.236. The normalized spacial score (nSPS) is 11.8. The summed E-state index contributed by atoms with van der Waals surface area (Å²) >= 11 is 3.29. The summed E-state index contributed by atoms with van der Waals surface area (Å²) in [6.45, 7) is 1.91. The van der Waals surface area contributed by atoms with Crippen LogP contribution in [-0.4, -0.2) is 13.1 Å². The molecule has 110 valence electrons. The molecule has 0 amide bonds. The average Bonchev–Trinajstić information content (AvgIpc) is 2.48. The van der Waals surface area contributed by atoms with Crippen LogP contribution in [0.5, 0.6) is 0 Å². The van der Waals surface area contributed by atoms with Crippen LogP contribution in [0.3, 0.4) is 0 Å². The highest BCUT2D eigenvalue weighted by molar-refractivity contribution is 9.10. The van der Waals surface area contributed by atoms with Crippen molar-refractivity contribution in [1.82, 2.24) is 0 Å². The lowest BCUT2D eigenvalue weighted by Crippen LogP contribution is -2.23. The molecule has 0 heterocycles. The largest absolute Gasteiger partial charge is 0.467 e. The van der Waals surface area contributed by atoms with E-state index in [1.54, 1.807) is 12.1 Å². The Hall–Kier alpha value is -1.88. The lowest BCUT2D eigenvalue weighted by Gasteiger charge is -2.20. The lowest BCUT2D eigenvalue weighted by molar-refractivity contribution is -0.141. The van der Waals surface area contributed by atoms with Crippen molar-refractivity contribution in [2.24, 2.45) is 0 Å². The number of anilines is 1. The van der Waals surface area contributed by atoms with Crippen molar-refractivity contribution < 1.29 is 13.9 Å². The van der Waals surface area contributed by atoms with E-state index in [9.17, 15) is 9.18 Å². The van der Waals surface area contributed by atoms with Gasteiger partial charge in [0.2, 0.25) is 0 Å². The first kappa shape index (κ1) is 15.5. The van der Waals surface area contributed by atoms with E-state index in [0.29, 0.717) is 4.47 Å². The van der Waals surface area contributed by atoms with Gasteiger partial charge in [-0.2, -0.15) is 0 Å². The van der Waals surface area contributed by atoms with Crippen molar-refractivity contribution in [3.05, 3.63) is 63.9 Å². The van der Waals surface area contributed by atoms with Crippen LogP contribution in [-0.2, 0) is 9.53 Å². The van der Waals surface area contributed by atoms with Gasteiger partial charge in [-0.05, 0) is 36.8 Å². The number of aryl methyl sites for hydroxylation is 1. The Bertz CT molecular complexity index is 660. The molecular formula is C16H15BrFNO2. The third-order valence-electron chi connectivity index (χ3n) is 3.15. The van der Waals surface area contributed by atoms with Crippen LogP contribution in [0.25, 0.3) is 0 Å². The van der Waals surface area contributed by atoms with Crippen LogP contribution in [0.4, 0.5) is 10.1 Å². The molecule has 0 aliphatic heterocycles. The highest BCUT2D eigenvalue weighted by Gasteiger charge is 2.25. The van der Waals surface area contributed by atoms with Crippen LogP contribution in [0.1, 0.15) is 17.2 Å². The Morgan fingerprint density at radius 1 is 1.29 bits per heavy atom. The molecule has 3 nitrogen and oxygen atoms in total. The molecule has 0 aromatic heterocycles. The molecular weight excluding hydrogens is 337 g/mol. The van der Waals surface area contributed by atoms with Crippen LogP contribution in [0.15, 0.2) is 46.9 Å². The van der Waals surface area contributed by atoms with Crippen molar-refractivity contribution in [1.29, 1.82) is 0 Å². The van der Waals surface area contributed by atoms with E-state index in [4.69, 9.17) is 4.74 Å². The van der Waals surface area contributed by atoms with Crippen molar-refractivity contribution in [2.45, 2.75) is 13.0 Å². The van der Waals surface area contributed by atoms with Gasteiger partial charge in [-0.3, -0.25) is 0 Å². The number of benzene rings is 2. The predicted molar refractivity (Wildman–Crippen MR) is 83.7 cm³/mol. The fourth-order valence-electron chi connectivity index (χ4n) is 2.01. The highest BCUT2D eigenvalue weighted by atomic mass is 79.9. The van der Waals surface area contributed by atoms with E-state index in [1.807, 2.05) is 31.2 Å². The summed E-state index contributed by atoms with van der Waals surface area (Å²) in [6.07, 6.45) is 0. The van der Waals surface area contributed by atoms with Gasteiger partial charge < -0.3 is 10.1 Å². The number of esters is 1. The maximum absolute atomic E-state index is 14.1. The zero-order chi connectivity index (χ0) is 15.4. The summed E-state index contributed by atoms with van der Waals surface area (Å²) in [5, 5.41) is 3.05. The number of ether oxygens (including phenoxy) is 1. The minimum Gasteiger partial charge on any atom is -0.467 e. The minimum atomic E-state index is -0.909. The van der Waals surface area contributed by atoms with E-state index in [1.165, 1.54) is 13.2 Å². The molecule has 2 aromatic rings. The van der Waals surface area contributed by atoms with E-state index >= 15 is 0 Å². The SMILES string of the molecule is COC(=O)C(Nc1ccccc1C)c1cc(Br)ccc1F. The van der Waals surface area contributed by atoms with Crippen molar-refractivity contribution in [2.75, 3.05) is 12.4 Å². The first-order valence-corrected chi connectivity index (χ1v) is 7.17. The molecule has 2 aromatic carbocycles. The summed E-state index contributed by atoms with van der Waals surface area (Å²) < 4.78 is 19.5. The number of carbonyl (C=O) groups is 1. The maximum Gasteiger partial charge on any atom is 0.333 e. The molecule has 1 N–H and O–H groups in total. The molecule has 1 unspecified atom stereocenters. The summed E-state index contributed by atoms with van der Waals surface area (Å²) in [6, 6.07) is 11.1. The van der Waals surface area contributed by atoms with Gasteiger partial charge in [-0.1, -0.05) is 34.1 Å². The maximum atomic E-state index is 14.1. The summed E-state index contributed by atoms with van der Waals surface area (Å²) in [5.41, 5.74) is 1.95. The van der Waals surface area contributed by atoms with Gasteiger partial charge in [0.15, 0.2) is 6.04 Å². The second-order valence-corrected chi connectivity index (χ2v) is 5.50. The van der Waals surface area contributed by atoms with Gasteiger partial charge in [0.1, 0.15) is 5.82 Å². The molecule has 1 atom stereocenters. The fraction of sp³-hybridized carbons (Fsp3) is 0.188. The molecule has 0 spiro atoms. The Morgan fingerprint density at radius 3 is 2.67 bits per heavy atom. The quantitative estimate of drug-likeness (QED) is 0.838. The van der Waals surface area contributed by atoms with Crippen LogP contribution in [0, 0.1) is 12.7 Å². The predicted octanol–water partition coefficient (Wildman–Crippen LogP) is 4.22. The molecule has 0 radical (unpaired) electrons. The molecule has 0 saturated heterocycles. The standard InChI is InChI=1S/C16H15BrFNO2/c1-10-5-3-4-6-14(10)19-15(16(20)21-2)12-9-11(17)7-8-13(12)18/h3-9,15,19H,1-2H3. The Balaban J connectivity index is 2.42. The number of methoxy groups -OCH3 is 1. The molecule has 0 saturated carbocycles. The van der Waals surface area contributed by atoms with Crippen molar-refractivity contribution in [3.8, 4) is 0 Å². The van der Waals surface area contributed by atoms with Gasteiger partial charge in [-0.25, -0.2) is 9.18 Å². The van der Waals surface area contributed by atoms with Crippen LogP contribution >= 0.6 is 15.9 Å². The van der Waals surface area contributed by atoms with E-state index in [-0.39, 0.29) is 5.56 Å². The molecule has 0 bridgehead atoms. The van der Waals surface area contributed by atoms with Gasteiger partial charge in [0.05, 0.1) is 7.11 Å². The van der Waals surface area contributed by atoms with E-state index in [0.717, 1.165) is 11.3 Å². The Morgan fingerprint density at radius 2 is 2.00 bits per heavy atom. The summed E-state index contributed by atoms with van der Waals surface area (Å²) in [4.78, 5) is 12.0. The number of nitrogens with one attached hydrogen (secondary N) is 1. The number of carbonyl (C=O) groups excluding carboxylic acids is 1. The first-order chi connectivity index (χ1) is 10.0. The van der Waals surface area contributed by atoms with E-state index < -0.39 is 17.8 Å². The van der Waals surface area contributed by atoms with Gasteiger partial charge in [0.25, 0.3) is 0 Å². The number of hydrogen-bond acceptors (Lipinski definition) is 3. The molecule has 5 heteroatoms. The monoisotopic (exact) mass is 351 g/mol. The van der Waals surface area contributed by atoms with Crippen LogP contribution < -0.4 is 5.32 Å². The third kappa shape index (κ3) is 3.61. The molecule has 21 heavy (non-hydrogen) atoms. The first-order valence-electron chi connectivity index (χ1n) is 6.38. The van der Waals surface area contributed by atoms with E-state index in [2.05, 4.69) is 21.2 Å². The molecule has 2 rings (SSSR count). The zero-order valence-corrected chi connectivity index (χ0v) is 13.3. The average molecular weight is 352 g/mol. The smallest absolute Gasteiger partial charge is 0.333 e. The van der Waals surface area contributed by atoms with Gasteiger partial charge in [0, 0.05) is 15.7 Å². The van der Waals surface area contributed by atoms with Crippen molar-refractivity contribution in [3.63, 3.8) is 0 Å². The lowest BCUT2D eigenvalue weighted by atomic mass is 10.0.